The zero-order chi connectivity index (χ0) is 12.1. The normalized spacial score (nSPS) is 10.2. The first-order valence-electron chi connectivity index (χ1n) is 5.42. The zero-order valence-electron chi connectivity index (χ0n) is 10.1. The highest BCUT2D eigenvalue weighted by Crippen LogP contribution is 2.11. The second-order valence-corrected chi connectivity index (χ2v) is 3.75. The first kappa shape index (κ1) is 12.4. The van der Waals surface area contributed by atoms with E-state index in [1.807, 2.05) is 13.8 Å². The molecule has 0 aliphatic heterocycles. The average molecular weight is 221 g/mol. The first-order valence-corrected chi connectivity index (χ1v) is 5.42. The van der Waals surface area contributed by atoms with Crippen molar-refractivity contribution < 1.29 is 0 Å². The van der Waals surface area contributed by atoms with Gasteiger partial charge in [-0.25, -0.2) is 4.98 Å². The first-order chi connectivity index (χ1) is 7.54. The smallest absolute Gasteiger partial charge is 0.147 e. The van der Waals surface area contributed by atoms with E-state index >= 15 is 0 Å². The SMILES string of the molecule is CCN(CCC(=N)N)c1cnc(C)c(C)n1. The summed E-state index contributed by atoms with van der Waals surface area (Å²) in [7, 11) is 0. The maximum Gasteiger partial charge on any atom is 0.147 e. The van der Waals surface area contributed by atoms with Gasteiger partial charge in [-0.15, -0.1) is 0 Å². The minimum Gasteiger partial charge on any atom is -0.388 e. The Hall–Kier alpha value is -1.65. The Bertz CT molecular complexity index is 375. The van der Waals surface area contributed by atoms with Gasteiger partial charge in [-0.1, -0.05) is 0 Å². The minimum atomic E-state index is 0.204. The number of nitrogens with two attached hydrogens (primary N) is 1. The van der Waals surface area contributed by atoms with E-state index in [9.17, 15) is 0 Å². The predicted octanol–water partition coefficient (Wildman–Crippen LogP) is 1.25. The number of anilines is 1. The van der Waals surface area contributed by atoms with Crippen LogP contribution in [0.1, 0.15) is 24.7 Å². The molecule has 0 saturated heterocycles. The van der Waals surface area contributed by atoms with Gasteiger partial charge in [0.25, 0.3) is 0 Å². The molecule has 0 aliphatic rings. The molecule has 5 nitrogen and oxygen atoms in total. The molecule has 0 bridgehead atoms. The lowest BCUT2D eigenvalue weighted by atomic mass is 10.3. The predicted molar refractivity (Wildman–Crippen MR) is 65.9 cm³/mol. The van der Waals surface area contributed by atoms with Crippen molar-refractivity contribution in [3.63, 3.8) is 0 Å². The average Bonchev–Trinajstić information content (AvgIpc) is 2.23. The van der Waals surface area contributed by atoms with Crippen LogP contribution in [0.25, 0.3) is 0 Å². The van der Waals surface area contributed by atoms with Gasteiger partial charge in [0.2, 0.25) is 0 Å². The van der Waals surface area contributed by atoms with Crippen LogP contribution in [-0.2, 0) is 0 Å². The Morgan fingerprint density at radius 3 is 2.62 bits per heavy atom. The summed E-state index contributed by atoms with van der Waals surface area (Å²) in [5.74, 6) is 1.06. The van der Waals surface area contributed by atoms with Crippen molar-refractivity contribution in [1.82, 2.24) is 9.97 Å². The molecule has 1 heterocycles. The van der Waals surface area contributed by atoms with E-state index in [-0.39, 0.29) is 5.84 Å². The van der Waals surface area contributed by atoms with Gasteiger partial charge in [-0.05, 0) is 20.8 Å². The van der Waals surface area contributed by atoms with Crippen LogP contribution >= 0.6 is 0 Å². The second-order valence-electron chi connectivity index (χ2n) is 3.75. The lowest BCUT2D eigenvalue weighted by molar-refractivity contribution is 0.804. The van der Waals surface area contributed by atoms with Crippen molar-refractivity contribution in [2.24, 2.45) is 5.73 Å². The molecule has 1 aromatic rings. The number of hydrogen-bond donors (Lipinski definition) is 2. The maximum atomic E-state index is 7.22. The molecule has 16 heavy (non-hydrogen) atoms. The number of amidine groups is 1. The Labute approximate surface area is 96.2 Å². The van der Waals surface area contributed by atoms with E-state index in [0.29, 0.717) is 13.0 Å². The van der Waals surface area contributed by atoms with Gasteiger partial charge in [0, 0.05) is 19.5 Å². The Morgan fingerprint density at radius 1 is 1.44 bits per heavy atom. The van der Waals surface area contributed by atoms with Gasteiger partial charge < -0.3 is 10.6 Å². The number of aryl methyl sites for hydroxylation is 2. The fourth-order valence-electron chi connectivity index (χ4n) is 1.37. The molecular formula is C11H19N5. The molecule has 0 fully saturated rings. The van der Waals surface area contributed by atoms with Gasteiger partial charge in [-0.2, -0.15) is 0 Å². The fourth-order valence-corrected chi connectivity index (χ4v) is 1.37. The van der Waals surface area contributed by atoms with Crippen LogP contribution in [0.15, 0.2) is 6.20 Å². The van der Waals surface area contributed by atoms with Crippen LogP contribution < -0.4 is 10.6 Å². The van der Waals surface area contributed by atoms with E-state index in [0.717, 1.165) is 23.8 Å². The van der Waals surface area contributed by atoms with Crippen LogP contribution in [0.3, 0.4) is 0 Å². The molecule has 88 valence electrons. The van der Waals surface area contributed by atoms with E-state index in [2.05, 4.69) is 21.8 Å². The summed E-state index contributed by atoms with van der Waals surface area (Å²) in [5, 5.41) is 7.22. The number of aromatic nitrogens is 2. The monoisotopic (exact) mass is 221 g/mol. The maximum absolute atomic E-state index is 7.22. The molecule has 3 N–H and O–H groups in total. The van der Waals surface area contributed by atoms with Gasteiger partial charge in [0.15, 0.2) is 0 Å². The van der Waals surface area contributed by atoms with E-state index < -0.39 is 0 Å². The summed E-state index contributed by atoms with van der Waals surface area (Å²) in [6.45, 7) is 7.49. The summed E-state index contributed by atoms with van der Waals surface area (Å²) in [6.07, 6.45) is 2.33. The van der Waals surface area contributed by atoms with Crippen molar-refractivity contribution >= 4 is 11.7 Å². The van der Waals surface area contributed by atoms with Crippen molar-refractivity contribution in [3.05, 3.63) is 17.6 Å². The summed E-state index contributed by atoms with van der Waals surface area (Å²) < 4.78 is 0. The molecule has 5 heteroatoms. The molecule has 0 aliphatic carbocycles. The van der Waals surface area contributed by atoms with Crippen LogP contribution in [-0.4, -0.2) is 28.9 Å². The van der Waals surface area contributed by atoms with Crippen molar-refractivity contribution in [3.8, 4) is 0 Å². The van der Waals surface area contributed by atoms with Crippen LogP contribution in [0, 0.1) is 19.3 Å². The van der Waals surface area contributed by atoms with E-state index in [1.54, 1.807) is 6.20 Å². The molecular weight excluding hydrogens is 202 g/mol. The van der Waals surface area contributed by atoms with Crippen molar-refractivity contribution in [2.45, 2.75) is 27.2 Å². The summed E-state index contributed by atoms with van der Waals surface area (Å²) >= 11 is 0. The van der Waals surface area contributed by atoms with Gasteiger partial charge in [-0.3, -0.25) is 10.4 Å². The fraction of sp³-hybridized carbons (Fsp3) is 0.545. The van der Waals surface area contributed by atoms with E-state index in [4.69, 9.17) is 11.1 Å². The molecule has 1 rings (SSSR count). The quantitative estimate of drug-likeness (QED) is 0.579. The van der Waals surface area contributed by atoms with Crippen LogP contribution in [0.2, 0.25) is 0 Å². The zero-order valence-corrected chi connectivity index (χ0v) is 10.1. The number of hydrogen-bond acceptors (Lipinski definition) is 4. The van der Waals surface area contributed by atoms with E-state index in [1.165, 1.54) is 0 Å². The molecule has 0 spiro atoms. The molecule has 0 aromatic carbocycles. The number of rotatable bonds is 5. The third-order valence-electron chi connectivity index (χ3n) is 2.54. The number of nitrogens with zero attached hydrogens (tertiary/aromatic N) is 3. The minimum absolute atomic E-state index is 0.204. The number of nitrogens with one attached hydrogen (secondary N) is 1. The molecule has 0 radical (unpaired) electrons. The highest BCUT2D eigenvalue weighted by Gasteiger charge is 2.07. The second kappa shape index (κ2) is 5.44. The molecule has 0 unspecified atom stereocenters. The lowest BCUT2D eigenvalue weighted by Gasteiger charge is -2.21. The largest absolute Gasteiger partial charge is 0.388 e. The van der Waals surface area contributed by atoms with Crippen molar-refractivity contribution in [2.75, 3.05) is 18.0 Å². The lowest BCUT2D eigenvalue weighted by Crippen LogP contribution is -2.28. The highest BCUT2D eigenvalue weighted by molar-refractivity contribution is 5.77. The van der Waals surface area contributed by atoms with Crippen LogP contribution in [0.4, 0.5) is 5.82 Å². The standard InChI is InChI=1S/C11H19N5/c1-4-16(6-5-10(12)13)11-7-14-8(2)9(3)15-11/h7H,4-6H2,1-3H3,(H3,12,13). The van der Waals surface area contributed by atoms with Gasteiger partial charge in [0.1, 0.15) is 5.82 Å². The van der Waals surface area contributed by atoms with Gasteiger partial charge >= 0.3 is 0 Å². The summed E-state index contributed by atoms with van der Waals surface area (Å²) in [5.41, 5.74) is 7.24. The summed E-state index contributed by atoms with van der Waals surface area (Å²) in [4.78, 5) is 10.8. The van der Waals surface area contributed by atoms with Crippen molar-refractivity contribution in [1.29, 1.82) is 5.41 Å². The third-order valence-corrected chi connectivity index (χ3v) is 2.54. The topological polar surface area (TPSA) is 78.9 Å². The Kier molecular flexibility index (Phi) is 4.22. The molecule has 0 atom stereocenters. The Morgan fingerprint density at radius 2 is 2.12 bits per heavy atom. The Balaban J connectivity index is 2.78. The van der Waals surface area contributed by atoms with Gasteiger partial charge in [0.05, 0.1) is 23.4 Å². The molecule has 1 aromatic heterocycles. The third kappa shape index (κ3) is 3.18. The molecule has 0 amide bonds. The highest BCUT2D eigenvalue weighted by atomic mass is 15.2. The summed E-state index contributed by atoms with van der Waals surface area (Å²) in [6, 6.07) is 0. The van der Waals surface area contributed by atoms with Crippen LogP contribution in [0.5, 0.6) is 0 Å². The molecule has 0 saturated carbocycles.